The number of aryl methyl sites for hydroxylation is 1. The van der Waals surface area contributed by atoms with Crippen LogP contribution in [0.25, 0.3) is 16.8 Å². The van der Waals surface area contributed by atoms with Crippen LogP contribution >= 0.6 is 0 Å². The predicted octanol–water partition coefficient (Wildman–Crippen LogP) is 3.75. The molecule has 0 bridgehead atoms. The number of aromatic nitrogens is 6. The first kappa shape index (κ1) is 20.8. The fourth-order valence-corrected chi connectivity index (χ4v) is 6.22. The molecule has 5 aromatic rings. The van der Waals surface area contributed by atoms with Crippen molar-refractivity contribution in [2.75, 3.05) is 0 Å². The summed E-state index contributed by atoms with van der Waals surface area (Å²) in [4.78, 5) is 15.7. The third kappa shape index (κ3) is 3.17. The van der Waals surface area contributed by atoms with E-state index in [0.717, 1.165) is 36.9 Å². The fraction of sp³-hybridized carbons (Fsp3) is 0.250. The quantitative estimate of drug-likeness (QED) is 0.359. The molecule has 172 valence electrons. The smallest absolute Gasteiger partial charge is 0.269 e. The zero-order valence-electron chi connectivity index (χ0n) is 18.4. The summed E-state index contributed by atoms with van der Waals surface area (Å²) in [6, 6.07) is 10.6. The van der Waals surface area contributed by atoms with E-state index in [1.165, 1.54) is 10.2 Å². The van der Waals surface area contributed by atoms with Gasteiger partial charge in [0.25, 0.3) is 10.0 Å². The van der Waals surface area contributed by atoms with Gasteiger partial charge in [0.15, 0.2) is 17.6 Å². The van der Waals surface area contributed by atoms with Gasteiger partial charge in [-0.1, -0.05) is 17.7 Å². The summed E-state index contributed by atoms with van der Waals surface area (Å²) in [5, 5.41) is 8.77. The highest BCUT2D eigenvalue weighted by molar-refractivity contribution is 7.90. The highest BCUT2D eigenvalue weighted by Gasteiger charge is 2.31. The fourth-order valence-electron chi connectivity index (χ4n) is 4.92. The number of carbonyl (C=O) groups excluding carboxylic acids is 1. The molecule has 0 saturated heterocycles. The molecule has 0 spiro atoms. The van der Waals surface area contributed by atoms with Crippen LogP contribution < -0.4 is 0 Å². The van der Waals surface area contributed by atoms with E-state index in [2.05, 4.69) is 19.7 Å². The third-order valence-corrected chi connectivity index (χ3v) is 8.39. The van der Waals surface area contributed by atoms with E-state index in [1.807, 2.05) is 29.8 Å². The summed E-state index contributed by atoms with van der Waals surface area (Å²) in [7, 11) is -3.80. The Balaban J connectivity index is 1.40. The largest absolute Gasteiger partial charge is 0.350 e. The average molecular weight is 475 g/mol. The van der Waals surface area contributed by atoms with Crippen LogP contribution in [0, 0.1) is 6.92 Å². The number of fused-ring (bicyclic) bond motifs is 3. The van der Waals surface area contributed by atoms with Crippen LogP contribution in [0.2, 0.25) is 0 Å². The lowest BCUT2D eigenvalue weighted by Gasteiger charge is -2.13. The Labute approximate surface area is 195 Å². The van der Waals surface area contributed by atoms with Gasteiger partial charge < -0.3 is 4.57 Å². The molecular weight excluding hydrogens is 452 g/mol. The normalized spacial score (nSPS) is 18.7. The molecule has 0 aliphatic heterocycles. The van der Waals surface area contributed by atoms with Gasteiger partial charge in [-0.25, -0.2) is 17.4 Å². The summed E-state index contributed by atoms with van der Waals surface area (Å²) in [6.45, 7) is 1.92. The summed E-state index contributed by atoms with van der Waals surface area (Å²) in [6.07, 6.45) is 10.5. The molecule has 1 aliphatic carbocycles. The molecule has 0 amide bonds. The van der Waals surface area contributed by atoms with E-state index in [4.69, 9.17) is 0 Å². The zero-order chi connectivity index (χ0) is 23.4. The molecule has 10 heteroatoms. The predicted molar refractivity (Wildman–Crippen MR) is 125 cm³/mol. The van der Waals surface area contributed by atoms with Crippen molar-refractivity contribution >= 4 is 33.1 Å². The van der Waals surface area contributed by atoms with Crippen LogP contribution in [0.3, 0.4) is 0 Å². The Morgan fingerprint density at radius 2 is 1.85 bits per heavy atom. The van der Waals surface area contributed by atoms with E-state index in [1.54, 1.807) is 36.5 Å². The van der Waals surface area contributed by atoms with Crippen LogP contribution in [0.4, 0.5) is 0 Å². The van der Waals surface area contributed by atoms with Crippen molar-refractivity contribution in [2.45, 2.75) is 43.0 Å². The van der Waals surface area contributed by atoms with Crippen LogP contribution in [-0.2, 0) is 10.0 Å². The van der Waals surface area contributed by atoms with Gasteiger partial charge in [-0.15, -0.1) is 10.2 Å². The third-order valence-electron chi connectivity index (χ3n) is 6.70. The lowest BCUT2D eigenvalue weighted by Crippen LogP contribution is -2.13. The molecule has 1 aromatic carbocycles. The minimum atomic E-state index is -3.80. The molecule has 1 fully saturated rings. The Morgan fingerprint density at radius 1 is 1.03 bits per heavy atom. The van der Waals surface area contributed by atoms with Gasteiger partial charge in [-0.05, 0) is 50.5 Å². The van der Waals surface area contributed by atoms with Crippen molar-refractivity contribution in [1.82, 2.24) is 28.1 Å². The second-order valence-electron chi connectivity index (χ2n) is 8.82. The van der Waals surface area contributed by atoms with Gasteiger partial charge in [0.1, 0.15) is 5.82 Å². The summed E-state index contributed by atoms with van der Waals surface area (Å²) >= 11 is 0. The van der Waals surface area contributed by atoms with Crippen molar-refractivity contribution in [3.63, 3.8) is 0 Å². The number of hydrogen-bond donors (Lipinski definition) is 0. The van der Waals surface area contributed by atoms with Crippen molar-refractivity contribution in [1.29, 1.82) is 0 Å². The number of hydrogen-bond acceptors (Lipinski definition) is 6. The first-order valence-electron chi connectivity index (χ1n) is 11.1. The van der Waals surface area contributed by atoms with Gasteiger partial charge in [-0.2, -0.15) is 0 Å². The van der Waals surface area contributed by atoms with Crippen molar-refractivity contribution in [2.24, 2.45) is 0 Å². The Kier molecular flexibility index (Phi) is 4.66. The lowest BCUT2D eigenvalue weighted by molar-refractivity contribution is 0.112. The van der Waals surface area contributed by atoms with Crippen molar-refractivity contribution < 1.29 is 13.2 Å². The van der Waals surface area contributed by atoms with Crippen LogP contribution in [0.5, 0.6) is 0 Å². The number of aldehydes is 1. The standard InChI is InChI=1S/C24H22N6O3S/c1-16-2-6-20(7-3-16)34(32,33)29-11-9-21-24(29)25-13-22-26-27-23(30(21)22)18-4-5-19(12-18)28-10-8-17(14-28)15-31/h2-3,6-11,13-15,18-19H,4-5,12H2,1H3/t18-,19+/m1/s1. The summed E-state index contributed by atoms with van der Waals surface area (Å²) in [5.74, 6) is 0.961. The van der Waals surface area contributed by atoms with Crippen LogP contribution in [-0.4, -0.2) is 42.8 Å². The van der Waals surface area contributed by atoms with Crippen molar-refractivity contribution in [3.8, 4) is 0 Å². The molecule has 6 rings (SSSR count). The topological polar surface area (TPSA) is 104 Å². The lowest BCUT2D eigenvalue weighted by atomic mass is 10.1. The molecule has 4 aromatic heterocycles. The molecule has 0 unspecified atom stereocenters. The maximum atomic E-state index is 13.3. The molecule has 2 atom stereocenters. The SMILES string of the molecule is Cc1ccc(S(=O)(=O)n2ccc3c2ncc2nnc([C@@H]4CC[C@H](n5ccc(C=O)c5)C4)n23)cc1. The molecule has 4 heterocycles. The van der Waals surface area contributed by atoms with E-state index in [-0.39, 0.29) is 16.9 Å². The van der Waals surface area contributed by atoms with E-state index >= 15 is 0 Å². The van der Waals surface area contributed by atoms with Gasteiger partial charge in [0, 0.05) is 36.1 Å². The molecule has 9 nitrogen and oxygen atoms in total. The maximum Gasteiger partial charge on any atom is 0.269 e. The molecule has 0 radical (unpaired) electrons. The minimum Gasteiger partial charge on any atom is -0.350 e. The highest BCUT2D eigenvalue weighted by atomic mass is 32.2. The minimum absolute atomic E-state index is 0.157. The number of rotatable bonds is 5. The Bertz CT molecular complexity index is 1650. The van der Waals surface area contributed by atoms with E-state index in [0.29, 0.717) is 22.4 Å². The van der Waals surface area contributed by atoms with Gasteiger partial charge in [0.2, 0.25) is 0 Å². The van der Waals surface area contributed by atoms with Gasteiger partial charge >= 0.3 is 0 Å². The molecule has 1 saturated carbocycles. The zero-order valence-corrected chi connectivity index (χ0v) is 19.3. The van der Waals surface area contributed by atoms with E-state index < -0.39 is 10.0 Å². The molecule has 1 aliphatic rings. The van der Waals surface area contributed by atoms with E-state index in [9.17, 15) is 13.2 Å². The molecular formula is C24H22N6O3S. The Hall–Kier alpha value is -3.79. The second kappa shape index (κ2) is 7.63. The average Bonchev–Trinajstić information content (AvgIpc) is 3.63. The van der Waals surface area contributed by atoms with Gasteiger partial charge in [0.05, 0.1) is 16.6 Å². The second-order valence-corrected chi connectivity index (χ2v) is 10.6. The number of nitrogens with zero attached hydrogens (tertiary/aromatic N) is 6. The molecule has 0 N–H and O–H groups in total. The van der Waals surface area contributed by atoms with Gasteiger partial charge in [-0.3, -0.25) is 9.20 Å². The van der Waals surface area contributed by atoms with Crippen LogP contribution in [0.15, 0.2) is 66.1 Å². The number of carbonyl (C=O) groups is 1. The first-order chi connectivity index (χ1) is 16.5. The number of benzene rings is 1. The monoisotopic (exact) mass is 474 g/mol. The van der Waals surface area contributed by atoms with Crippen molar-refractivity contribution in [3.05, 3.63) is 78.1 Å². The first-order valence-corrected chi connectivity index (χ1v) is 12.6. The highest BCUT2D eigenvalue weighted by Crippen LogP contribution is 2.41. The summed E-state index contributed by atoms with van der Waals surface area (Å²) in [5.41, 5.74) is 3.23. The summed E-state index contributed by atoms with van der Waals surface area (Å²) < 4.78 is 31.9. The Morgan fingerprint density at radius 3 is 2.62 bits per heavy atom. The maximum absolute atomic E-state index is 13.3. The molecule has 34 heavy (non-hydrogen) atoms. The van der Waals surface area contributed by atoms with Crippen LogP contribution in [0.1, 0.15) is 53.0 Å².